The number of fused-ring (bicyclic) bond motifs is 2. The number of nitrogens with zero attached hydrogens (tertiary/aromatic N) is 3. The highest BCUT2D eigenvalue weighted by molar-refractivity contribution is 6.35. The van der Waals surface area contributed by atoms with Crippen LogP contribution in [0.1, 0.15) is 18.1 Å². The number of benzene rings is 1. The highest BCUT2D eigenvalue weighted by Gasteiger charge is 2.44. The maximum atomic E-state index is 15.0. The molecule has 13 heteroatoms. The van der Waals surface area contributed by atoms with Gasteiger partial charge in [-0.25, -0.2) is 13.8 Å². The molecule has 0 spiro atoms. The lowest BCUT2D eigenvalue weighted by molar-refractivity contribution is -0.207. The lowest BCUT2D eigenvalue weighted by Gasteiger charge is -2.18. The zero-order valence-corrected chi connectivity index (χ0v) is 17.0. The van der Waals surface area contributed by atoms with Crippen molar-refractivity contribution in [3.05, 3.63) is 47.1 Å². The van der Waals surface area contributed by atoms with Crippen LogP contribution in [-0.2, 0) is 4.79 Å². The van der Waals surface area contributed by atoms with Gasteiger partial charge < -0.3 is 14.8 Å². The van der Waals surface area contributed by atoms with Gasteiger partial charge >= 0.3 is 6.18 Å². The Kier molecular flexibility index (Phi) is 4.83. The van der Waals surface area contributed by atoms with Crippen molar-refractivity contribution in [3.63, 3.8) is 0 Å². The molecule has 7 nitrogen and oxygen atoms in total. The van der Waals surface area contributed by atoms with Crippen molar-refractivity contribution in [2.75, 3.05) is 5.32 Å². The van der Waals surface area contributed by atoms with E-state index in [9.17, 15) is 31.9 Å². The summed E-state index contributed by atoms with van der Waals surface area (Å²) in [5.41, 5.74) is -0.641. The smallest absolute Gasteiger partial charge is 0.379 e. The average Bonchev–Trinajstić information content (AvgIpc) is 3.11. The maximum absolute atomic E-state index is 15.0. The van der Waals surface area contributed by atoms with Crippen LogP contribution >= 0.6 is 11.6 Å². The van der Waals surface area contributed by atoms with E-state index in [1.54, 1.807) is 0 Å². The summed E-state index contributed by atoms with van der Waals surface area (Å²) < 4.78 is 68.8. The number of carbonyl (C=O) groups is 1. The van der Waals surface area contributed by atoms with Crippen molar-refractivity contribution in [1.29, 1.82) is 0 Å². The third-order valence-corrected chi connectivity index (χ3v) is 5.81. The Morgan fingerprint density at radius 2 is 2.06 bits per heavy atom. The van der Waals surface area contributed by atoms with E-state index in [-0.39, 0.29) is 28.7 Å². The number of aromatic nitrogens is 4. The van der Waals surface area contributed by atoms with E-state index in [0.717, 1.165) is 0 Å². The Hall–Kier alpha value is -3.25. The van der Waals surface area contributed by atoms with Crippen LogP contribution in [0.3, 0.4) is 0 Å². The van der Waals surface area contributed by atoms with E-state index < -0.39 is 46.7 Å². The molecule has 33 heavy (non-hydrogen) atoms. The van der Waals surface area contributed by atoms with Gasteiger partial charge in [-0.15, -0.1) is 0 Å². The number of alkyl halides is 4. The Balaban J connectivity index is 1.59. The van der Waals surface area contributed by atoms with Crippen molar-refractivity contribution in [2.45, 2.75) is 24.9 Å². The van der Waals surface area contributed by atoms with Crippen LogP contribution in [0.4, 0.5) is 27.8 Å². The summed E-state index contributed by atoms with van der Waals surface area (Å²) in [5.74, 6) is -2.45. The lowest BCUT2D eigenvalue weighted by atomic mass is 9.97. The fourth-order valence-corrected chi connectivity index (χ4v) is 4.01. The first-order chi connectivity index (χ1) is 15.6. The molecular weight excluding hydrogens is 473 g/mol. The van der Waals surface area contributed by atoms with Gasteiger partial charge in [-0.05, 0) is 18.6 Å². The highest BCUT2D eigenvalue weighted by atomic mass is 35.5. The normalized spacial score (nSPS) is 19.2. The number of aromatic amines is 1. The summed E-state index contributed by atoms with van der Waals surface area (Å²) in [6, 6.07) is 3.04. The summed E-state index contributed by atoms with van der Waals surface area (Å²) in [6.45, 7) is 0. The number of nitrogens with one attached hydrogen (secondary N) is 2. The second-order valence-electron chi connectivity index (χ2n) is 7.68. The lowest BCUT2D eigenvalue weighted by Crippen LogP contribution is -2.22. The first-order valence-corrected chi connectivity index (χ1v) is 9.97. The minimum atomic E-state index is -5.12. The molecule has 1 fully saturated rings. The van der Waals surface area contributed by atoms with Crippen LogP contribution in [0.5, 0.6) is 0 Å². The molecule has 1 aromatic carbocycles. The van der Waals surface area contributed by atoms with Gasteiger partial charge in [-0.2, -0.15) is 18.3 Å². The van der Waals surface area contributed by atoms with E-state index in [0.29, 0.717) is 11.2 Å². The van der Waals surface area contributed by atoms with Crippen LogP contribution in [0.2, 0.25) is 5.02 Å². The molecule has 3 heterocycles. The SMILES string of the molecule is O=C(Nc1cn2cc(-c3c(Cl)c(F)c(C(O)C(F)(F)F)c4[nH]ncc34)ccc2n1)[C@@H]1C[C@@H]1F. The number of pyridine rings is 1. The first-order valence-electron chi connectivity index (χ1n) is 9.59. The van der Waals surface area contributed by atoms with Crippen LogP contribution < -0.4 is 5.32 Å². The number of amides is 1. The molecule has 1 unspecified atom stereocenters. The Bertz CT molecular complexity index is 1420. The summed E-state index contributed by atoms with van der Waals surface area (Å²) in [5, 5.41) is 17.6. The molecule has 0 aliphatic heterocycles. The van der Waals surface area contributed by atoms with E-state index >= 15 is 0 Å². The van der Waals surface area contributed by atoms with Gasteiger partial charge in [0.1, 0.15) is 11.8 Å². The van der Waals surface area contributed by atoms with Gasteiger partial charge in [0.25, 0.3) is 0 Å². The number of aliphatic hydroxyl groups excluding tert-OH is 1. The Morgan fingerprint density at radius 1 is 1.33 bits per heavy atom. The molecule has 3 N–H and O–H groups in total. The molecule has 4 aromatic rings. The summed E-state index contributed by atoms with van der Waals surface area (Å²) in [4.78, 5) is 16.1. The standard InChI is InChI=1S/C20H13ClF5N5O2/c21-15-13(9-4-27-30-17(9)14(16(15)23)18(32)20(24,25)26)7-1-2-12-28-11(6-31(12)5-7)29-19(33)8-3-10(8)22/h1-2,4-6,8,10,18,32H,3H2,(H,27,30)(H,29,33)/t8-,10+,18?/m1/s1. The summed E-state index contributed by atoms with van der Waals surface area (Å²) >= 11 is 6.13. The average molecular weight is 486 g/mol. The first kappa shape index (κ1) is 21.6. The summed E-state index contributed by atoms with van der Waals surface area (Å²) in [6.07, 6.45) is -5.12. The number of H-pyrrole nitrogens is 1. The topological polar surface area (TPSA) is 95.3 Å². The molecule has 5 rings (SSSR count). The Labute approximate surface area is 186 Å². The Morgan fingerprint density at radius 3 is 2.73 bits per heavy atom. The zero-order chi connectivity index (χ0) is 23.7. The van der Waals surface area contributed by atoms with Gasteiger partial charge in [0, 0.05) is 22.7 Å². The predicted octanol–water partition coefficient (Wildman–Crippen LogP) is 4.56. The molecule has 1 aliphatic rings. The van der Waals surface area contributed by atoms with Gasteiger partial charge in [0.15, 0.2) is 17.7 Å². The predicted molar refractivity (Wildman–Crippen MR) is 108 cm³/mol. The van der Waals surface area contributed by atoms with E-state index in [2.05, 4.69) is 20.5 Å². The van der Waals surface area contributed by atoms with E-state index in [1.165, 1.54) is 35.1 Å². The molecule has 0 radical (unpaired) electrons. The molecule has 3 atom stereocenters. The fraction of sp³-hybridized carbons (Fsp3) is 0.250. The molecular formula is C20H13ClF5N5O2. The van der Waals surface area contributed by atoms with Crippen molar-refractivity contribution >= 4 is 39.9 Å². The number of imidazole rings is 1. The van der Waals surface area contributed by atoms with Crippen LogP contribution in [0, 0.1) is 11.7 Å². The number of hydrogen-bond acceptors (Lipinski definition) is 4. The van der Waals surface area contributed by atoms with Crippen LogP contribution in [0.15, 0.2) is 30.7 Å². The number of anilines is 1. The van der Waals surface area contributed by atoms with Crippen molar-refractivity contribution in [2.24, 2.45) is 5.92 Å². The quantitative estimate of drug-likeness (QED) is 0.369. The van der Waals surface area contributed by atoms with E-state index in [4.69, 9.17) is 11.6 Å². The third-order valence-electron chi connectivity index (χ3n) is 5.45. The van der Waals surface area contributed by atoms with Gasteiger partial charge in [-0.3, -0.25) is 9.89 Å². The number of halogens is 6. The molecule has 0 bridgehead atoms. The van der Waals surface area contributed by atoms with Gasteiger partial charge in [-0.1, -0.05) is 11.6 Å². The van der Waals surface area contributed by atoms with Gasteiger partial charge in [0.2, 0.25) is 5.91 Å². The number of rotatable bonds is 4. The van der Waals surface area contributed by atoms with Crippen LogP contribution in [0.25, 0.3) is 27.7 Å². The van der Waals surface area contributed by atoms with Crippen LogP contribution in [-0.4, -0.2) is 42.9 Å². The van der Waals surface area contributed by atoms with Crippen molar-refractivity contribution in [3.8, 4) is 11.1 Å². The molecule has 1 saturated carbocycles. The zero-order valence-electron chi connectivity index (χ0n) is 16.3. The highest BCUT2D eigenvalue weighted by Crippen LogP contribution is 2.44. The van der Waals surface area contributed by atoms with Crippen molar-refractivity contribution < 1.29 is 31.9 Å². The van der Waals surface area contributed by atoms with Crippen molar-refractivity contribution in [1.82, 2.24) is 19.6 Å². The minimum Gasteiger partial charge on any atom is -0.379 e. The molecule has 3 aromatic heterocycles. The minimum absolute atomic E-state index is 0.0514. The summed E-state index contributed by atoms with van der Waals surface area (Å²) in [7, 11) is 0. The molecule has 172 valence electrons. The monoisotopic (exact) mass is 485 g/mol. The number of carbonyl (C=O) groups excluding carboxylic acids is 1. The van der Waals surface area contributed by atoms with Gasteiger partial charge in [0.05, 0.1) is 34.4 Å². The molecule has 0 saturated heterocycles. The molecule has 1 aliphatic carbocycles. The molecule has 1 amide bonds. The largest absolute Gasteiger partial charge is 0.418 e. The number of aliphatic hydroxyl groups is 1. The maximum Gasteiger partial charge on any atom is 0.418 e. The van der Waals surface area contributed by atoms with E-state index in [1.807, 2.05) is 0 Å². The number of hydrogen-bond donors (Lipinski definition) is 3. The second kappa shape index (κ2) is 7.39. The second-order valence-corrected chi connectivity index (χ2v) is 8.05. The third kappa shape index (κ3) is 3.59. The fourth-order valence-electron chi connectivity index (χ4n) is 3.69.